The third-order valence-corrected chi connectivity index (χ3v) is 1.95. The summed E-state index contributed by atoms with van der Waals surface area (Å²) in [4.78, 5) is 2.78. The second-order valence-electron chi connectivity index (χ2n) is 2.70. The van der Waals surface area contributed by atoms with E-state index in [2.05, 4.69) is 9.72 Å². The Morgan fingerprint density at radius 3 is 2.31 bits per heavy atom. The fraction of sp³-hybridized carbons (Fsp3) is 0.375. The van der Waals surface area contributed by atoms with Gasteiger partial charge in [-0.3, -0.25) is 0 Å². The average Bonchev–Trinajstić information content (AvgIpc) is 2.14. The summed E-state index contributed by atoms with van der Waals surface area (Å²) in [7, 11) is 1.03. The van der Waals surface area contributed by atoms with E-state index in [0.29, 0.717) is 6.07 Å². The Hall–Kier alpha value is -1.11. The van der Waals surface area contributed by atoms with Crippen LogP contribution in [-0.4, -0.2) is 12.1 Å². The molecule has 1 aromatic heterocycles. The fourth-order valence-electron chi connectivity index (χ4n) is 1.00. The van der Waals surface area contributed by atoms with Crippen molar-refractivity contribution in [3.63, 3.8) is 0 Å². The average molecular weight is 262 g/mol. The van der Waals surface area contributed by atoms with Crippen LogP contribution in [0.2, 0.25) is 5.02 Å². The number of aromatic nitrogens is 1. The molecule has 0 unspecified atom stereocenters. The van der Waals surface area contributed by atoms with Crippen LogP contribution in [-0.2, 0) is 6.18 Å². The highest BCUT2D eigenvalue weighted by atomic mass is 35.5. The molecule has 1 rings (SSSR count). The second kappa shape index (κ2) is 4.40. The molecule has 0 bridgehead atoms. The largest absolute Gasteiger partial charge is 0.495 e. The van der Waals surface area contributed by atoms with Gasteiger partial charge in [-0.05, 0) is 0 Å². The predicted molar refractivity (Wildman–Crippen MR) is 45.8 cm³/mol. The summed E-state index contributed by atoms with van der Waals surface area (Å²) in [6.45, 7) is 0. The number of methoxy groups -OCH3 is 1. The van der Waals surface area contributed by atoms with Crippen molar-refractivity contribution in [1.82, 2.24) is 4.98 Å². The number of hydrogen-bond donors (Lipinski definition) is 0. The van der Waals surface area contributed by atoms with E-state index in [1.165, 1.54) is 0 Å². The smallest absolute Gasteiger partial charge is 0.434 e. The molecule has 16 heavy (non-hydrogen) atoms. The molecule has 1 aromatic rings. The van der Waals surface area contributed by atoms with Gasteiger partial charge in [0.15, 0.2) is 5.69 Å². The maximum Gasteiger partial charge on any atom is 0.434 e. The first-order valence-corrected chi connectivity index (χ1v) is 4.25. The molecule has 0 aliphatic rings. The van der Waals surface area contributed by atoms with E-state index in [1.807, 2.05) is 0 Å². The molecule has 0 amide bonds. The predicted octanol–water partition coefficient (Wildman–Crippen LogP) is 3.70. The van der Waals surface area contributed by atoms with Crippen LogP contribution in [0.1, 0.15) is 17.8 Å². The fourth-order valence-corrected chi connectivity index (χ4v) is 1.25. The van der Waals surface area contributed by atoms with E-state index >= 15 is 0 Å². The molecule has 0 spiro atoms. The van der Waals surface area contributed by atoms with Gasteiger partial charge in [-0.2, -0.15) is 13.2 Å². The molecule has 0 fully saturated rings. The highest BCUT2D eigenvalue weighted by Crippen LogP contribution is 2.38. The first-order valence-electron chi connectivity index (χ1n) is 3.87. The van der Waals surface area contributed by atoms with Gasteiger partial charge in [-0.1, -0.05) is 11.6 Å². The van der Waals surface area contributed by atoms with Crippen molar-refractivity contribution in [1.29, 1.82) is 0 Å². The van der Waals surface area contributed by atoms with Crippen molar-refractivity contribution in [3.8, 4) is 5.75 Å². The summed E-state index contributed by atoms with van der Waals surface area (Å²) in [6.07, 6.45) is -8.05. The Morgan fingerprint density at radius 1 is 1.38 bits per heavy atom. The van der Waals surface area contributed by atoms with Crippen molar-refractivity contribution >= 4 is 11.6 Å². The van der Waals surface area contributed by atoms with Crippen LogP contribution in [0.25, 0.3) is 0 Å². The second-order valence-corrected chi connectivity index (χ2v) is 3.11. The molecular formula is C8H5ClF5NO. The van der Waals surface area contributed by atoms with Crippen molar-refractivity contribution in [2.45, 2.75) is 12.6 Å². The number of halogens is 6. The molecule has 0 atom stereocenters. The summed E-state index contributed by atoms with van der Waals surface area (Å²) < 4.78 is 66.1. The van der Waals surface area contributed by atoms with Crippen molar-refractivity contribution < 1.29 is 26.7 Å². The zero-order chi connectivity index (χ0) is 12.5. The summed E-state index contributed by atoms with van der Waals surface area (Å²) in [5, 5.41) is -0.784. The zero-order valence-corrected chi connectivity index (χ0v) is 8.53. The van der Waals surface area contributed by atoms with Gasteiger partial charge in [-0.25, -0.2) is 13.8 Å². The van der Waals surface area contributed by atoms with Crippen LogP contribution in [0.3, 0.4) is 0 Å². The minimum absolute atomic E-state index is 0.479. The number of nitrogens with zero attached hydrogens (tertiary/aromatic N) is 1. The number of rotatable bonds is 2. The van der Waals surface area contributed by atoms with Crippen LogP contribution in [0.4, 0.5) is 22.0 Å². The van der Waals surface area contributed by atoms with Gasteiger partial charge in [0.05, 0.1) is 12.1 Å². The highest BCUT2D eigenvalue weighted by Gasteiger charge is 2.37. The molecular weight excluding hydrogens is 257 g/mol. The molecule has 8 heteroatoms. The van der Waals surface area contributed by atoms with Gasteiger partial charge >= 0.3 is 6.18 Å². The molecule has 0 saturated heterocycles. The summed E-state index contributed by atoms with van der Waals surface area (Å²) in [5.74, 6) is -0.479. The van der Waals surface area contributed by atoms with Crippen LogP contribution in [0.15, 0.2) is 6.07 Å². The third kappa shape index (κ3) is 2.52. The topological polar surface area (TPSA) is 22.1 Å². The summed E-state index contributed by atoms with van der Waals surface area (Å²) >= 11 is 5.26. The van der Waals surface area contributed by atoms with E-state index in [4.69, 9.17) is 11.6 Å². The van der Waals surface area contributed by atoms with Gasteiger partial charge < -0.3 is 4.74 Å². The first-order chi connectivity index (χ1) is 7.27. The van der Waals surface area contributed by atoms with Gasteiger partial charge in [0.25, 0.3) is 6.43 Å². The lowest BCUT2D eigenvalue weighted by Gasteiger charge is -2.12. The van der Waals surface area contributed by atoms with Crippen molar-refractivity contribution in [3.05, 3.63) is 22.5 Å². The van der Waals surface area contributed by atoms with E-state index in [1.54, 1.807) is 0 Å². The van der Waals surface area contributed by atoms with E-state index in [9.17, 15) is 22.0 Å². The molecule has 0 radical (unpaired) electrons. The van der Waals surface area contributed by atoms with Gasteiger partial charge in [0.2, 0.25) is 0 Å². The van der Waals surface area contributed by atoms with E-state index in [0.717, 1.165) is 7.11 Å². The first kappa shape index (κ1) is 13.0. The lowest BCUT2D eigenvalue weighted by molar-refractivity contribution is -0.141. The number of hydrogen-bond acceptors (Lipinski definition) is 2. The van der Waals surface area contributed by atoms with Crippen LogP contribution in [0.5, 0.6) is 5.75 Å². The molecule has 0 N–H and O–H groups in total. The maximum absolute atomic E-state index is 12.4. The van der Waals surface area contributed by atoms with Crippen LogP contribution < -0.4 is 4.74 Å². The van der Waals surface area contributed by atoms with E-state index < -0.39 is 34.8 Å². The quantitative estimate of drug-likeness (QED) is 0.757. The Kier molecular flexibility index (Phi) is 3.57. The van der Waals surface area contributed by atoms with Crippen LogP contribution in [0, 0.1) is 0 Å². The van der Waals surface area contributed by atoms with Crippen LogP contribution >= 0.6 is 11.6 Å². The van der Waals surface area contributed by atoms with Gasteiger partial charge in [0, 0.05) is 6.07 Å². The number of alkyl halides is 5. The molecule has 0 aliphatic carbocycles. The summed E-state index contributed by atoms with van der Waals surface area (Å²) in [6, 6.07) is 0.666. The van der Waals surface area contributed by atoms with Crippen molar-refractivity contribution in [2.24, 2.45) is 0 Å². The Bertz CT molecular complexity index is 393. The lowest BCUT2D eigenvalue weighted by atomic mass is 10.2. The molecule has 1 heterocycles. The SMILES string of the molecule is COc1cc(Cl)c(C(F)(F)F)nc1C(F)F. The Morgan fingerprint density at radius 2 is 1.94 bits per heavy atom. The molecule has 0 saturated carbocycles. The third-order valence-electron chi connectivity index (χ3n) is 1.66. The molecule has 0 aliphatic heterocycles. The normalized spacial score (nSPS) is 12.0. The standard InChI is InChI=1S/C8H5ClF5NO/c1-16-4-2-3(9)6(8(12,13)14)15-5(4)7(10)11/h2,7H,1H3. The molecule has 2 nitrogen and oxygen atoms in total. The Balaban J connectivity index is 3.39. The highest BCUT2D eigenvalue weighted by molar-refractivity contribution is 6.31. The lowest BCUT2D eigenvalue weighted by Crippen LogP contribution is -2.11. The maximum atomic E-state index is 12.4. The Labute approximate surface area is 92.0 Å². The molecule has 0 aromatic carbocycles. The minimum Gasteiger partial charge on any atom is -0.495 e. The van der Waals surface area contributed by atoms with E-state index in [-0.39, 0.29) is 0 Å². The van der Waals surface area contributed by atoms with Gasteiger partial charge in [-0.15, -0.1) is 0 Å². The summed E-state index contributed by atoms with van der Waals surface area (Å²) in [5.41, 5.74) is -2.63. The number of ether oxygens (including phenoxy) is 1. The van der Waals surface area contributed by atoms with Crippen molar-refractivity contribution in [2.75, 3.05) is 7.11 Å². The number of pyridine rings is 1. The van der Waals surface area contributed by atoms with Gasteiger partial charge in [0.1, 0.15) is 11.4 Å². The zero-order valence-electron chi connectivity index (χ0n) is 7.78. The minimum atomic E-state index is -4.88. The monoisotopic (exact) mass is 261 g/mol. The molecule has 90 valence electrons.